The van der Waals surface area contributed by atoms with Gasteiger partial charge in [0.15, 0.2) is 0 Å². The maximum atomic E-state index is 13.0. The lowest BCUT2D eigenvalue weighted by molar-refractivity contribution is 0.197. The van der Waals surface area contributed by atoms with Crippen LogP contribution in [0.15, 0.2) is 22.5 Å². The SMILES string of the molecule is CC.CC(C)C.CC(C)C1=C(C(C)C)C(C(C)C)=C(C(C)C)N(C(C)C)C(=O)N1. The van der Waals surface area contributed by atoms with Crippen LogP contribution in [-0.2, 0) is 0 Å². The highest BCUT2D eigenvalue weighted by Crippen LogP contribution is 2.39. The van der Waals surface area contributed by atoms with Crippen LogP contribution in [0.1, 0.15) is 104 Å². The maximum absolute atomic E-state index is 13.0. The van der Waals surface area contributed by atoms with Crippen LogP contribution >= 0.6 is 0 Å². The molecule has 172 valence electrons. The Bertz CT molecular complexity index is 546. The van der Waals surface area contributed by atoms with E-state index in [-0.39, 0.29) is 12.1 Å². The molecule has 0 spiro atoms. The van der Waals surface area contributed by atoms with E-state index in [1.165, 1.54) is 16.8 Å². The van der Waals surface area contributed by atoms with Crippen LogP contribution in [0.4, 0.5) is 4.79 Å². The number of hydrogen-bond donors (Lipinski definition) is 1. The minimum Gasteiger partial charge on any atom is -0.311 e. The van der Waals surface area contributed by atoms with Crippen LogP contribution < -0.4 is 5.32 Å². The van der Waals surface area contributed by atoms with E-state index in [1.54, 1.807) is 0 Å². The van der Waals surface area contributed by atoms with Gasteiger partial charge in [-0.25, -0.2) is 4.79 Å². The van der Waals surface area contributed by atoms with Crippen molar-refractivity contribution in [3.05, 3.63) is 22.5 Å². The van der Waals surface area contributed by atoms with Gasteiger partial charge < -0.3 is 5.32 Å². The Hall–Kier alpha value is -1.25. The van der Waals surface area contributed by atoms with E-state index in [0.29, 0.717) is 23.7 Å². The summed E-state index contributed by atoms with van der Waals surface area (Å²) in [6.07, 6.45) is 0. The number of amides is 2. The predicted octanol–water partition coefficient (Wildman–Crippen LogP) is 8.24. The van der Waals surface area contributed by atoms with Crippen molar-refractivity contribution in [2.75, 3.05) is 0 Å². The molecular weight excluding hydrogens is 356 g/mol. The van der Waals surface area contributed by atoms with E-state index in [4.69, 9.17) is 0 Å². The molecule has 1 rings (SSSR count). The van der Waals surface area contributed by atoms with E-state index in [0.717, 1.165) is 11.6 Å². The molecule has 3 nitrogen and oxygen atoms in total. The highest BCUT2D eigenvalue weighted by Gasteiger charge is 2.34. The molecule has 2 amide bonds. The summed E-state index contributed by atoms with van der Waals surface area (Å²) in [5.74, 6) is 2.20. The summed E-state index contributed by atoms with van der Waals surface area (Å²) in [4.78, 5) is 14.9. The summed E-state index contributed by atoms with van der Waals surface area (Å²) in [5.41, 5.74) is 4.96. The lowest BCUT2D eigenvalue weighted by atomic mass is 9.81. The smallest absolute Gasteiger partial charge is 0.311 e. The predicted molar refractivity (Wildman–Crippen MR) is 131 cm³/mol. The number of allylic oxidation sites excluding steroid dienone is 4. The number of rotatable bonds is 5. The largest absolute Gasteiger partial charge is 0.326 e. The van der Waals surface area contributed by atoms with Crippen LogP contribution in [0.25, 0.3) is 0 Å². The number of hydrogen-bond acceptors (Lipinski definition) is 1. The van der Waals surface area contributed by atoms with E-state index in [1.807, 2.05) is 18.7 Å². The van der Waals surface area contributed by atoms with Gasteiger partial charge in [0.05, 0.1) is 0 Å². The van der Waals surface area contributed by atoms with Crippen LogP contribution in [-0.4, -0.2) is 17.0 Å². The topological polar surface area (TPSA) is 32.3 Å². The van der Waals surface area contributed by atoms with Gasteiger partial charge in [-0.15, -0.1) is 0 Å². The zero-order valence-corrected chi connectivity index (χ0v) is 22.3. The van der Waals surface area contributed by atoms with Crippen molar-refractivity contribution in [2.45, 2.75) is 110 Å². The van der Waals surface area contributed by atoms with Gasteiger partial charge in [0.25, 0.3) is 0 Å². The second kappa shape index (κ2) is 13.9. The molecule has 1 heterocycles. The van der Waals surface area contributed by atoms with Gasteiger partial charge in [0.2, 0.25) is 0 Å². The summed E-state index contributed by atoms with van der Waals surface area (Å²) in [6.45, 7) is 32.3. The molecule has 1 aliphatic rings. The minimum absolute atomic E-state index is 0.0150. The molecule has 1 aliphatic heterocycles. The van der Waals surface area contributed by atoms with Crippen molar-refractivity contribution in [3.8, 4) is 0 Å². The molecule has 0 unspecified atom stereocenters. The molecule has 0 aromatic heterocycles. The van der Waals surface area contributed by atoms with E-state index >= 15 is 0 Å². The quantitative estimate of drug-likeness (QED) is 0.488. The summed E-state index contributed by atoms with van der Waals surface area (Å²) in [6, 6.07) is 0.155. The molecule has 0 atom stereocenters. The van der Waals surface area contributed by atoms with Crippen molar-refractivity contribution in [3.63, 3.8) is 0 Å². The molecule has 0 saturated heterocycles. The first-order valence-electron chi connectivity index (χ1n) is 11.8. The number of nitrogens with zero attached hydrogens (tertiary/aromatic N) is 1. The Kier molecular flexibility index (Phi) is 14.3. The molecule has 0 aromatic carbocycles. The van der Waals surface area contributed by atoms with Gasteiger partial charge in [-0.05, 0) is 54.6 Å². The van der Waals surface area contributed by atoms with Gasteiger partial charge in [-0.1, -0.05) is 90.0 Å². The third kappa shape index (κ3) is 8.97. The third-order valence-electron chi connectivity index (χ3n) is 4.37. The molecule has 3 heteroatoms. The van der Waals surface area contributed by atoms with Crippen molar-refractivity contribution in [1.29, 1.82) is 0 Å². The number of urea groups is 1. The van der Waals surface area contributed by atoms with Crippen molar-refractivity contribution >= 4 is 6.03 Å². The molecule has 29 heavy (non-hydrogen) atoms. The van der Waals surface area contributed by atoms with Crippen LogP contribution in [0.3, 0.4) is 0 Å². The standard InChI is InChI=1S/C20H36N2O.C4H10.C2H6/c1-11(2)16-17(12(3)4)19(14(7)8)22(15(9)10)20(23)21-18(16)13(5)6;1-4(2)3;1-2/h11-15H,1-10H3,(H,21,23);4H,1-3H3;1-2H3. The Balaban J connectivity index is 0. The zero-order chi connectivity index (χ0) is 23.6. The number of carbonyl (C=O) groups is 1. The van der Waals surface area contributed by atoms with Crippen molar-refractivity contribution in [1.82, 2.24) is 10.2 Å². The first-order valence-corrected chi connectivity index (χ1v) is 11.8. The fourth-order valence-corrected chi connectivity index (χ4v) is 3.55. The first-order chi connectivity index (χ1) is 13.2. The highest BCUT2D eigenvalue weighted by atomic mass is 16.2. The third-order valence-corrected chi connectivity index (χ3v) is 4.37. The van der Waals surface area contributed by atoms with E-state index in [9.17, 15) is 4.79 Å². The fourth-order valence-electron chi connectivity index (χ4n) is 3.55. The number of carbonyl (C=O) groups excluding carboxylic acids is 1. The lowest BCUT2D eigenvalue weighted by Crippen LogP contribution is -2.44. The first kappa shape index (κ1) is 29.9. The van der Waals surface area contributed by atoms with Gasteiger partial charge >= 0.3 is 6.03 Å². The molecular formula is C26H52N2O. The number of nitrogens with one attached hydrogen (secondary N) is 1. The van der Waals surface area contributed by atoms with Crippen molar-refractivity contribution in [2.24, 2.45) is 29.6 Å². The Labute approximate surface area is 183 Å². The van der Waals surface area contributed by atoms with Crippen LogP contribution in [0, 0.1) is 29.6 Å². The summed E-state index contributed by atoms with van der Waals surface area (Å²) < 4.78 is 0. The molecule has 0 saturated carbocycles. The van der Waals surface area contributed by atoms with Gasteiger partial charge in [0.1, 0.15) is 0 Å². The van der Waals surface area contributed by atoms with Gasteiger partial charge in [0, 0.05) is 17.4 Å². The molecule has 1 N–H and O–H groups in total. The highest BCUT2D eigenvalue weighted by molar-refractivity contribution is 5.80. The Morgan fingerprint density at radius 3 is 1.24 bits per heavy atom. The fraction of sp³-hybridized carbons (Fsp3) is 0.808. The molecule has 0 radical (unpaired) electrons. The normalized spacial score (nSPS) is 15.2. The van der Waals surface area contributed by atoms with Crippen LogP contribution in [0.5, 0.6) is 0 Å². The lowest BCUT2D eigenvalue weighted by Gasteiger charge is -2.33. The molecule has 0 fully saturated rings. The Morgan fingerprint density at radius 2 is 1.00 bits per heavy atom. The molecule has 0 aliphatic carbocycles. The minimum atomic E-state index is 0.0150. The molecule has 0 bridgehead atoms. The zero-order valence-electron chi connectivity index (χ0n) is 22.3. The van der Waals surface area contributed by atoms with E-state index in [2.05, 4.69) is 95.3 Å². The monoisotopic (exact) mass is 408 g/mol. The summed E-state index contributed by atoms with van der Waals surface area (Å²) in [5, 5.41) is 3.24. The average molecular weight is 409 g/mol. The van der Waals surface area contributed by atoms with Gasteiger partial charge in [-0.3, -0.25) is 4.90 Å². The maximum Gasteiger partial charge on any atom is 0.326 e. The average Bonchev–Trinajstić information content (AvgIpc) is 2.70. The summed E-state index contributed by atoms with van der Waals surface area (Å²) >= 11 is 0. The van der Waals surface area contributed by atoms with Crippen molar-refractivity contribution < 1.29 is 4.79 Å². The van der Waals surface area contributed by atoms with Gasteiger partial charge in [-0.2, -0.15) is 0 Å². The van der Waals surface area contributed by atoms with Crippen LogP contribution in [0.2, 0.25) is 0 Å². The second-order valence-corrected chi connectivity index (χ2v) is 9.87. The Morgan fingerprint density at radius 1 is 0.621 bits per heavy atom. The second-order valence-electron chi connectivity index (χ2n) is 9.87. The summed E-state index contributed by atoms with van der Waals surface area (Å²) in [7, 11) is 0. The van der Waals surface area contributed by atoms with E-state index < -0.39 is 0 Å². The molecule has 0 aromatic rings.